The average molecular weight is 611 g/mol. The van der Waals surface area contributed by atoms with Gasteiger partial charge < -0.3 is 10.2 Å². The predicted molar refractivity (Wildman–Crippen MR) is 157 cm³/mol. The van der Waals surface area contributed by atoms with Crippen LogP contribution in [0.4, 0.5) is 5.69 Å². The highest BCUT2D eigenvalue weighted by atomic mass is 35.5. The quantitative estimate of drug-likeness (QED) is 0.285. The fourth-order valence-corrected chi connectivity index (χ4v) is 5.83. The Morgan fingerprint density at radius 1 is 0.949 bits per heavy atom. The van der Waals surface area contributed by atoms with E-state index in [0.717, 1.165) is 10.7 Å². The molecule has 3 aromatic carbocycles. The normalized spacial score (nSPS) is 12.1. The van der Waals surface area contributed by atoms with Crippen LogP contribution in [0.15, 0.2) is 71.6 Å². The number of hydrogen-bond donors (Lipinski definition) is 1. The number of carbonyl (C=O) groups is 2. The number of para-hydroxylation sites is 1. The molecule has 3 aromatic rings. The SMILES string of the molecule is CCCNC(=O)[C@@H](C)N(Cc1ccc(Cl)c(Cl)c1)C(=O)CN(c1ccccc1C)S(=O)(=O)c1ccc(Cl)cc1. The number of carbonyl (C=O) groups excluding carboxylic acids is 2. The average Bonchev–Trinajstić information content (AvgIpc) is 2.91. The molecule has 1 atom stereocenters. The minimum Gasteiger partial charge on any atom is -0.354 e. The van der Waals surface area contributed by atoms with E-state index in [1.54, 1.807) is 56.3 Å². The summed E-state index contributed by atoms with van der Waals surface area (Å²) in [5, 5.41) is 3.84. The predicted octanol–water partition coefficient (Wildman–Crippen LogP) is 6.09. The van der Waals surface area contributed by atoms with E-state index < -0.39 is 28.5 Å². The van der Waals surface area contributed by atoms with Crippen molar-refractivity contribution in [2.75, 3.05) is 17.4 Å². The third kappa shape index (κ3) is 7.66. The van der Waals surface area contributed by atoms with Gasteiger partial charge in [-0.05, 0) is 73.9 Å². The lowest BCUT2D eigenvalue weighted by atomic mass is 10.1. The van der Waals surface area contributed by atoms with Crippen molar-refractivity contribution in [2.45, 2.75) is 44.7 Å². The van der Waals surface area contributed by atoms with Gasteiger partial charge in [-0.1, -0.05) is 66.0 Å². The van der Waals surface area contributed by atoms with Crippen LogP contribution in [0.2, 0.25) is 15.1 Å². The Morgan fingerprint density at radius 3 is 2.23 bits per heavy atom. The summed E-state index contributed by atoms with van der Waals surface area (Å²) in [4.78, 5) is 28.1. The molecule has 3 rings (SSSR count). The molecule has 208 valence electrons. The molecule has 0 saturated heterocycles. The van der Waals surface area contributed by atoms with Crippen LogP contribution in [-0.2, 0) is 26.2 Å². The Balaban J connectivity index is 2.04. The number of halogens is 3. The maximum Gasteiger partial charge on any atom is 0.264 e. The van der Waals surface area contributed by atoms with Crippen LogP contribution >= 0.6 is 34.8 Å². The fourth-order valence-electron chi connectivity index (χ4n) is 3.90. The first-order valence-electron chi connectivity index (χ1n) is 12.3. The summed E-state index contributed by atoms with van der Waals surface area (Å²) in [7, 11) is -4.18. The molecular formula is C28H30Cl3N3O4S. The van der Waals surface area contributed by atoms with Crippen molar-refractivity contribution < 1.29 is 18.0 Å². The maximum atomic E-state index is 13.9. The molecule has 0 spiro atoms. The van der Waals surface area contributed by atoms with E-state index in [2.05, 4.69) is 5.32 Å². The molecule has 0 aliphatic rings. The van der Waals surface area contributed by atoms with Crippen LogP contribution in [0.1, 0.15) is 31.4 Å². The second-order valence-corrected chi connectivity index (χ2v) is 12.1. The van der Waals surface area contributed by atoms with Crippen LogP contribution in [0, 0.1) is 6.92 Å². The second-order valence-electron chi connectivity index (χ2n) is 8.99. The first kappa shape index (κ1) is 30.8. The summed E-state index contributed by atoms with van der Waals surface area (Å²) in [6.07, 6.45) is 0.722. The van der Waals surface area contributed by atoms with E-state index in [0.29, 0.717) is 38.4 Å². The first-order valence-corrected chi connectivity index (χ1v) is 14.9. The lowest BCUT2D eigenvalue weighted by Gasteiger charge is -2.32. The van der Waals surface area contributed by atoms with Gasteiger partial charge in [0.25, 0.3) is 10.0 Å². The number of anilines is 1. The number of aryl methyl sites for hydroxylation is 1. The molecule has 0 aliphatic carbocycles. The van der Waals surface area contributed by atoms with Gasteiger partial charge in [0.05, 0.1) is 20.6 Å². The molecule has 0 aromatic heterocycles. The minimum absolute atomic E-state index is 0.0129. The van der Waals surface area contributed by atoms with E-state index in [1.807, 2.05) is 6.92 Å². The molecule has 0 radical (unpaired) electrons. The topological polar surface area (TPSA) is 86.8 Å². The number of nitrogens with zero attached hydrogens (tertiary/aromatic N) is 2. The number of sulfonamides is 1. The van der Waals surface area contributed by atoms with Gasteiger partial charge in [-0.3, -0.25) is 13.9 Å². The molecule has 0 fully saturated rings. The van der Waals surface area contributed by atoms with Crippen molar-refractivity contribution in [1.82, 2.24) is 10.2 Å². The second kappa shape index (κ2) is 13.5. The van der Waals surface area contributed by atoms with Gasteiger partial charge in [0.15, 0.2) is 0 Å². The Kier molecular flexibility index (Phi) is 10.7. The Labute approximate surface area is 244 Å². The zero-order valence-corrected chi connectivity index (χ0v) is 24.9. The number of hydrogen-bond acceptors (Lipinski definition) is 4. The highest BCUT2D eigenvalue weighted by molar-refractivity contribution is 7.92. The Bertz CT molecular complexity index is 1430. The third-order valence-corrected chi connectivity index (χ3v) is 8.88. The third-order valence-electron chi connectivity index (χ3n) is 6.12. The summed E-state index contributed by atoms with van der Waals surface area (Å²) >= 11 is 18.2. The minimum atomic E-state index is -4.18. The molecule has 2 amide bonds. The fraction of sp³-hybridized carbons (Fsp3) is 0.286. The number of amides is 2. The summed E-state index contributed by atoms with van der Waals surface area (Å²) < 4.78 is 28.7. The van der Waals surface area contributed by atoms with Gasteiger partial charge in [0.1, 0.15) is 12.6 Å². The van der Waals surface area contributed by atoms with Crippen molar-refractivity contribution in [3.8, 4) is 0 Å². The van der Waals surface area contributed by atoms with Gasteiger partial charge >= 0.3 is 0 Å². The zero-order chi connectivity index (χ0) is 28.7. The summed E-state index contributed by atoms with van der Waals surface area (Å²) in [6, 6.07) is 16.6. The van der Waals surface area contributed by atoms with Crippen LogP contribution < -0.4 is 9.62 Å². The first-order chi connectivity index (χ1) is 18.4. The van der Waals surface area contributed by atoms with E-state index in [1.165, 1.54) is 29.2 Å². The molecule has 0 aliphatic heterocycles. The molecule has 39 heavy (non-hydrogen) atoms. The molecule has 7 nitrogen and oxygen atoms in total. The van der Waals surface area contributed by atoms with E-state index in [-0.39, 0.29) is 17.3 Å². The van der Waals surface area contributed by atoms with Crippen LogP contribution in [0.25, 0.3) is 0 Å². The van der Waals surface area contributed by atoms with Gasteiger partial charge in [0, 0.05) is 18.1 Å². The van der Waals surface area contributed by atoms with Crippen molar-refractivity contribution in [3.05, 3.63) is 92.9 Å². The molecule has 0 bridgehead atoms. The largest absolute Gasteiger partial charge is 0.354 e. The monoisotopic (exact) mass is 609 g/mol. The molecule has 0 heterocycles. The smallest absolute Gasteiger partial charge is 0.264 e. The van der Waals surface area contributed by atoms with E-state index >= 15 is 0 Å². The zero-order valence-electron chi connectivity index (χ0n) is 21.8. The summed E-state index contributed by atoms with van der Waals surface area (Å²) in [5.74, 6) is -0.922. The summed E-state index contributed by atoms with van der Waals surface area (Å²) in [6.45, 7) is 5.20. The molecule has 0 saturated carbocycles. The maximum absolute atomic E-state index is 13.9. The number of benzene rings is 3. The standard InChI is InChI=1S/C28H30Cl3N3O4S/c1-4-15-32-28(36)20(3)33(17-21-9-14-24(30)25(31)16-21)27(35)18-34(26-8-6-5-7-19(26)2)39(37,38)23-12-10-22(29)11-13-23/h5-14,16,20H,4,15,17-18H2,1-3H3,(H,32,36)/t20-/m1/s1. The van der Waals surface area contributed by atoms with Crippen molar-refractivity contribution in [1.29, 1.82) is 0 Å². The van der Waals surface area contributed by atoms with Gasteiger partial charge in [-0.2, -0.15) is 0 Å². The van der Waals surface area contributed by atoms with Crippen LogP contribution in [0.5, 0.6) is 0 Å². The summed E-state index contributed by atoms with van der Waals surface area (Å²) in [5.41, 5.74) is 1.64. The van der Waals surface area contributed by atoms with Gasteiger partial charge in [-0.25, -0.2) is 8.42 Å². The van der Waals surface area contributed by atoms with E-state index in [9.17, 15) is 18.0 Å². The van der Waals surface area contributed by atoms with Gasteiger partial charge in [-0.15, -0.1) is 0 Å². The van der Waals surface area contributed by atoms with Gasteiger partial charge in [0.2, 0.25) is 11.8 Å². The molecule has 11 heteroatoms. The number of rotatable bonds is 11. The van der Waals surface area contributed by atoms with Crippen molar-refractivity contribution in [2.24, 2.45) is 0 Å². The molecule has 1 N–H and O–H groups in total. The Hall–Kier alpha value is -2.78. The highest BCUT2D eigenvalue weighted by Crippen LogP contribution is 2.28. The van der Waals surface area contributed by atoms with Crippen LogP contribution in [-0.4, -0.2) is 44.3 Å². The highest BCUT2D eigenvalue weighted by Gasteiger charge is 2.33. The Morgan fingerprint density at radius 2 is 1.62 bits per heavy atom. The lowest BCUT2D eigenvalue weighted by molar-refractivity contribution is -0.139. The molecule has 0 unspecified atom stereocenters. The number of nitrogens with one attached hydrogen (secondary N) is 1. The van der Waals surface area contributed by atoms with Crippen LogP contribution in [0.3, 0.4) is 0 Å². The molecular weight excluding hydrogens is 581 g/mol. The van der Waals surface area contributed by atoms with E-state index in [4.69, 9.17) is 34.8 Å². The van der Waals surface area contributed by atoms with Crippen molar-refractivity contribution in [3.63, 3.8) is 0 Å². The lowest BCUT2D eigenvalue weighted by Crippen LogP contribution is -2.51. The van der Waals surface area contributed by atoms with Crippen molar-refractivity contribution >= 4 is 62.3 Å².